The smallest absolute Gasteiger partial charge is 0.0939 e. The second-order valence-electron chi connectivity index (χ2n) is 6.37. The lowest BCUT2D eigenvalue weighted by molar-refractivity contribution is -0.103. The fourth-order valence-corrected chi connectivity index (χ4v) is 3.57. The standard InChI is InChI=1S/C16H31NO3/c1-4-17-15(6-5-13(2)18-3)14-7-9-20-16(11-14)8-10-19-12-16/h13-15,17H,4-12H2,1-3H3. The van der Waals surface area contributed by atoms with E-state index in [1.807, 2.05) is 0 Å². The summed E-state index contributed by atoms with van der Waals surface area (Å²) < 4.78 is 17.0. The van der Waals surface area contributed by atoms with Gasteiger partial charge in [0, 0.05) is 32.8 Å². The summed E-state index contributed by atoms with van der Waals surface area (Å²) in [6.07, 6.45) is 6.03. The van der Waals surface area contributed by atoms with E-state index >= 15 is 0 Å². The molecule has 0 amide bonds. The quantitative estimate of drug-likeness (QED) is 0.779. The Hall–Kier alpha value is -0.160. The molecule has 2 aliphatic heterocycles. The van der Waals surface area contributed by atoms with Crippen molar-refractivity contribution in [2.75, 3.05) is 33.5 Å². The Morgan fingerprint density at radius 3 is 2.85 bits per heavy atom. The molecule has 1 N–H and O–H groups in total. The first-order valence-corrected chi connectivity index (χ1v) is 8.17. The third-order valence-corrected chi connectivity index (χ3v) is 4.92. The third-order valence-electron chi connectivity index (χ3n) is 4.92. The van der Waals surface area contributed by atoms with Crippen molar-refractivity contribution in [2.45, 2.75) is 63.7 Å². The van der Waals surface area contributed by atoms with Crippen molar-refractivity contribution in [3.63, 3.8) is 0 Å². The van der Waals surface area contributed by atoms with E-state index in [1.165, 1.54) is 12.8 Å². The number of rotatable bonds is 7. The Morgan fingerprint density at radius 1 is 1.35 bits per heavy atom. The number of nitrogens with one attached hydrogen (secondary N) is 1. The minimum atomic E-state index is 0.0173. The van der Waals surface area contributed by atoms with Gasteiger partial charge in [-0.2, -0.15) is 0 Å². The molecular weight excluding hydrogens is 254 g/mol. The lowest BCUT2D eigenvalue weighted by Crippen LogP contribution is -2.47. The summed E-state index contributed by atoms with van der Waals surface area (Å²) in [6, 6.07) is 0.582. The molecule has 2 aliphatic rings. The van der Waals surface area contributed by atoms with Crippen LogP contribution in [0.1, 0.15) is 46.0 Å². The first-order chi connectivity index (χ1) is 9.69. The summed E-state index contributed by atoms with van der Waals surface area (Å²) in [5.41, 5.74) is 0.0173. The van der Waals surface area contributed by atoms with Gasteiger partial charge in [-0.25, -0.2) is 0 Å². The second kappa shape index (κ2) is 7.74. The van der Waals surface area contributed by atoms with Crippen LogP contribution in [0.2, 0.25) is 0 Å². The molecule has 2 fully saturated rings. The van der Waals surface area contributed by atoms with Gasteiger partial charge in [0.1, 0.15) is 0 Å². The molecule has 4 atom stereocenters. The zero-order valence-electron chi connectivity index (χ0n) is 13.3. The molecule has 4 heteroatoms. The van der Waals surface area contributed by atoms with E-state index < -0.39 is 0 Å². The predicted molar refractivity (Wildman–Crippen MR) is 80.0 cm³/mol. The molecule has 4 nitrogen and oxygen atoms in total. The molecular formula is C16H31NO3. The predicted octanol–water partition coefficient (Wildman–Crippen LogP) is 2.37. The number of hydrogen-bond donors (Lipinski definition) is 1. The topological polar surface area (TPSA) is 39.7 Å². The third kappa shape index (κ3) is 4.17. The van der Waals surface area contributed by atoms with Gasteiger partial charge in [0.25, 0.3) is 0 Å². The summed E-state index contributed by atoms with van der Waals surface area (Å²) >= 11 is 0. The highest BCUT2D eigenvalue weighted by atomic mass is 16.6. The van der Waals surface area contributed by atoms with Crippen LogP contribution in [0.4, 0.5) is 0 Å². The molecule has 118 valence electrons. The molecule has 1 spiro atoms. The maximum atomic E-state index is 6.05. The van der Waals surface area contributed by atoms with Crippen LogP contribution in [0.25, 0.3) is 0 Å². The van der Waals surface area contributed by atoms with E-state index in [0.717, 1.165) is 45.6 Å². The van der Waals surface area contributed by atoms with E-state index in [0.29, 0.717) is 18.1 Å². The van der Waals surface area contributed by atoms with Crippen molar-refractivity contribution in [1.29, 1.82) is 0 Å². The molecule has 0 aromatic carbocycles. The number of hydrogen-bond acceptors (Lipinski definition) is 4. The molecule has 0 radical (unpaired) electrons. The molecule has 2 rings (SSSR count). The molecule has 20 heavy (non-hydrogen) atoms. The maximum absolute atomic E-state index is 6.05. The van der Waals surface area contributed by atoms with E-state index in [2.05, 4.69) is 19.2 Å². The fraction of sp³-hybridized carbons (Fsp3) is 1.00. The van der Waals surface area contributed by atoms with Gasteiger partial charge in [0.15, 0.2) is 0 Å². The fourth-order valence-electron chi connectivity index (χ4n) is 3.57. The van der Waals surface area contributed by atoms with Gasteiger partial charge in [-0.3, -0.25) is 0 Å². The monoisotopic (exact) mass is 285 g/mol. The zero-order valence-corrected chi connectivity index (χ0v) is 13.3. The Kier molecular flexibility index (Phi) is 6.27. The van der Waals surface area contributed by atoms with E-state index in [4.69, 9.17) is 14.2 Å². The van der Waals surface area contributed by atoms with Crippen molar-refractivity contribution in [3.05, 3.63) is 0 Å². The maximum Gasteiger partial charge on any atom is 0.0939 e. The number of ether oxygens (including phenoxy) is 3. The summed E-state index contributed by atoms with van der Waals surface area (Å²) in [4.78, 5) is 0. The highest BCUT2D eigenvalue weighted by Crippen LogP contribution is 2.37. The minimum absolute atomic E-state index is 0.0173. The van der Waals surface area contributed by atoms with Gasteiger partial charge in [-0.05, 0) is 45.1 Å². The Bertz CT molecular complexity index is 279. The Labute approximate surface area is 123 Å². The molecule has 4 unspecified atom stereocenters. The van der Waals surface area contributed by atoms with Gasteiger partial charge < -0.3 is 19.5 Å². The molecule has 0 aliphatic carbocycles. The van der Waals surface area contributed by atoms with Crippen LogP contribution in [0, 0.1) is 5.92 Å². The average Bonchev–Trinajstić information content (AvgIpc) is 2.90. The van der Waals surface area contributed by atoms with Crippen LogP contribution in [0.3, 0.4) is 0 Å². The largest absolute Gasteiger partial charge is 0.382 e. The van der Waals surface area contributed by atoms with Gasteiger partial charge in [-0.15, -0.1) is 0 Å². The summed E-state index contributed by atoms with van der Waals surface area (Å²) in [7, 11) is 1.80. The molecule has 0 aromatic rings. The Balaban J connectivity index is 1.90. The van der Waals surface area contributed by atoms with E-state index in [-0.39, 0.29) is 5.60 Å². The van der Waals surface area contributed by atoms with Gasteiger partial charge in [0.05, 0.1) is 18.3 Å². The van der Waals surface area contributed by atoms with E-state index in [1.54, 1.807) is 7.11 Å². The van der Waals surface area contributed by atoms with E-state index in [9.17, 15) is 0 Å². The van der Waals surface area contributed by atoms with Crippen LogP contribution in [0.15, 0.2) is 0 Å². The lowest BCUT2D eigenvalue weighted by atomic mass is 9.79. The van der Waals surface area contributed by atoms with Crippen LogP contribution in [-0.2, 0) is 14.2 Å². The average molecular weight is 285 g/mol. The minimum Gasteiger partial charge on any atom is -0.382 e. The van der Waals surface area contributed by atoms with Gasteiger partial charge >= 0.3 is 0 Å². The zero-order chi connectivity index (χ0) is 14.4. The first-order valence-electron chi connectivity index (χ1n) is 8.17. The Morgan fingerprint density at radius 2 is 2.20 bits per heavy atom. The first kappa shape index (κ1) is 16.2. The molecule has 2 saturated heterocycles. The number of methoxy groups -OCH3 is 1. The van der Waals surface area contributed by atoms with Crippen LogP contribution < -0.4 is 5.32 Å². The van der Waals surface area contributed by atoms with Crippen molar-refractivity contribution >= 4 is 0 Å². The summed E-state index contributed by atoms with van der Waals surface area (Å²) in [5, 5.41) is 3.69. The second-order valence-corrected chi connectivity index (χ2v) is 6.37. The van der Waals surface area contributed by atoms with Gasteiger partial charge in [-0.1, -0.05) is 6.92 Å². The summed E-state index contributed by atoms with van der Waals surface area (Å²) in [5.74, 6) is 0.703. The van der Waals surface area contributed by atoms with Crippen LogP contribution in [-0.4, -0.2) is 51.2 Å². The summed E-state index contributed by atoms with van der Waals surface area (Å²) in [6.45, 7) is 7.92. The highest BCUT2D eigenvalue weighted by molar-refractivity contribution is 4.93. The van der Waals surface area contributed by atoms with Crippen molar-refractivity contribution in [1.82, 2.24) is 5.32 Å². The van der Waals surface area contributed by atoms with Crippen LogP contribution >= 0.6 is 0 Å². The normalized spacial score (nSPS) is 33.5. The SMILES string of the molecule is CCNC(CCC(C)OC)C1CCOC2(CCOC2)C1. The van der Waals surface area contributed by atoms with Crippen molar-refractivity contribution in [2.24, 2.45) is 5.92 Å². The van der Waals surface area contributed by atoms with Crippen LogP contribution in [0.5, 0.6) is 0 Å². The highest BCUT2D eigenvalue weighted by Gasteiger charge is 2.42. The van der Waals surface area contributed by atoms with Crippen molar-refractivity contribution < 1.29 is 14.2 Å². The molecule has 0 aromatic heterocycles. The lowest BCUT2D eigenvalue weighted by Gasteiger charge is -2.41. The van der Waals surface area contributed by atoms with Crippen molar-refractivity contribution in [3.8, 4) is 0 Å². The van der Waals surface area contributed by atoms with Gasteiger partial charge in [0.2, 0.25) is 0 Å². The molecule has 0 saturated carbocycles. The molecule has 2 heterocycles. The molecule has 0 bridgehead atoms.